The van der Waals surface area contributed by atoms with Crippen molar-refractivity contribution in [2.75, 3.05) is 0 Å². The first-order chi connectivity index (χ1) is 6.87. The van der Waals surface area contributed by atoms with Gasteiger partial charge in [-0.15, -0.1) is 0 Å². The number of hydrogen-bond acceptors (Lipinski definition) is 2. The van der Waals surface area contributed by atoms with Crippen LogP contribution in [0.4, 0.5) is 0 Å². The van der Waals surface area contributed by atoms with Crippen LogP contribution < -0.4 is 5.32 Å². The smallest absolute Gasteiger partial charge is 0.223 e. The molecule has 1 saturated carbocycles. The Morgan fingerprint density at radius 2 is 1.87 bits per heavy atom. The molecular weight excluding hydrogens is 190 g/mol. The number of amides is 1. The van der Waals surface area contributed by atoms with Crippen molar-refractivity contribution >= 4 is 5.91 Å². The highest BCUT2D eigenvalue weighted by atomic mass is 16.3. The average molecular weight is 213 g/mol. The second-order valence-corrected chi connectivity index (χ2v) is 5.51. The molecule has 0 spiro atoms. The highest BCUT2D eigenvalue weighted by Crippen LogP contribution is 2.23. The van der Waals surface area contributed by atoms with Crippen LogP contribution in [-0.4, -0.2) is 22.7 Å². The topological polar surface area (TPSA) is 49.3 Å². The van der Waals surface area contributed by atoms with Crippen LogP contribution in [0.1, 0.15) is 52.9 Å². The van der Waals surface area contributed by atoms with Crippen molar-refractivity contribution < 1.29 is 9.90 Å². The third-order valence-corrected chi connectivity index (χ3v) is 2.97. The minimum atomic E-state index is -0.897. The van der Waals surface area contributed by atoms with Crippen molar-refractivity contribution in [3.8, 4) is 0 Å². The van der Waals surface area contributed by atoms with E-state index in [1.165, 1.54) is 12.8 Å². The summed E-state index contributed by atoms with van der Waals surface area (Å²) >= 11 is 0. The van der Waals surface area contributed by atoms with Gasteiger partial charge in [0.15, 0.2) is 0 Å². The van der Waals surface area contributed by atoms with Crippen LogP contribution in [0.3, 0.4) is 0 Å². The lowest BCUT2D eigenvalue weighted by molar-refractivity contribution is -0.125. The normalized spacial score (nSPS) is 27.5. The Morgan fingerprint density at radius 3 is 2.33 bits per heavy atom. The molecular formula is C12H23NO2. The van der Waals surface area contributed by atoms with E-state index in [1.54, 1.807) is 13.8 Å². The Balaban J connectivity index is 2.27. The molecule has 15 heavy (non-hydrogen) atoms. The standard InChI is InChI=1S/C12H23NO2/c1-9-4-6-10(7-5-9)13-11(14)8-12(2,3)15/h9-10,15H,4-8H2,1-3H3,(H,13,14). The van der Waals surface area contributed by atoms with Crippen LogP contribution in [0, 0.1) is 5.92 Å². The molecule has 1 aliphatic rings. The molecule has 88 valence electrons. The molecule has 0 saturated heterocycles. The summed E-state index contributed by atoms with van der Waals surface area (Å²) in [6, 6.07) is 0.330. The van der Waals surface area contributed by atoms with E-state index in [0.29, 0.717) is 6.04 Å². The van der Waals surface area contributed by atoms with Crippen LogP contribution >= 0.6 is 0 Å². The number of carbonyl (C=O) groups excluding carboxylic acids is 1. The van der Waals surface area contributed by atoms with E-state index in [4.69, 9.17) is 0 Å². The lowest BCUT2D eigenvalue weighted by Gasteiger charge is -2.28. The van der Waals surface area contributed by atoms with Gasteiger partial charge in [0.1, 0.15) is 0 Å². The minimum Gasteiger partial charge on any atom is -0.390 e. The molecule has 0 bridgehead atoms. The summed E-state index contributed by atoms with van der Waals surface area (Å²) in [5.74, 6) is 0.773. The van der Waals surface area contributed by atoms with Gasteiger partial charge in [0.25, 0.3) is 0 Å². The maximum absolute atomic E-state index is 11.5. The molecule has 0 aromatic rings. The Bertz CT molecular complexity index is 212. The fourth-order valence-corrected chi connectivity index (χ4v) is 2.08. The van der Waals surface area contributed by atoms with E-state index in [9.17, 15) is 9.90 Å². The minimum absolute atomic E-state index is 0.0259. The van der Waals surface area contributed by atoms with Crippen molar-refractivity contribution in [1.82, 2.24) is 5.32 Å². The fourth-order valence-electron chi connectivity index (χ4n) is 2.08. The molecule has 0 aliphatic heterocycles. The van der Waals surface area contributed by atoms with Crippen molar-refractivity contribution in [1.29, 1.82) is 0 Å². The Labute approximate surface area is 92.3 Å². The maximum atomic E-state index is 11.5. The number of nitrogens with one attached hydrogen (secondary N) is 1. The first-order valence-corrected chi connectivity index (χ1v) is 5.88. The van der Waals surface area contributed by atoms with Crippen molar-refractivity contribution in [3.05, 3.63) is 0 Å². The van der Waals surface area contributed by atoms with Gasteiger partial charge in [0.2, 0.25) is 5.91 Å². The molecule has 1 fully saturated rings. The van der Waals surface area contributed by atoms with Crippen LogP contribution in [0.15, 0.2) is 0 Å². The van der Waals surface area contributed by atoms with Crippen LogP contribution in [0.2, 0.25) is 0 Å². The van der Waals surface area contributed by atoms with Crippen LogP contribution in [0.5, 0.6) is 0 Å². The molecule has 1 amide bonds. The molecule has 1 rings (SSSR count). The van der Waals surface area contributed by atoms with Crippen molar-refractivity contribution in [3.63, 3.8) is 0 Å². The van der Waals surface area contributed by atoms with E-state index in [-0.39, 0.29) is 12.3 Å². The first kappa shape index (κ1) is 12.5. The van der Waals surface area contributed by atoms with Gasteiger partial charge in [-0.1, -0.05) is 6.92 Å². The van der Waals surface area contributed by atoms with Gasteiger partial charge in [-0.05, 0) is 45.4 Å². The SMILES string of the molecule is CC1CCC(NC(=O)CC(C)(C)O)CC1. The summed E-state index contributed by atoms with van der Waals surface area (Å²) in [5, 5.41) is 12.5. The predicted octanol–water partition coefficient (Wildman–Crippen LogP) is 1.84. The van der Waals surface area contributed by atoms with Gasteiger partial charge in [-0.2, -0.15) is 0 Å². The second kappa shape index (κ2) is 4.97. The Kier molecular flexibility index (Phi) is 4.14. The average Bonchev–Trinajstić information content (AvgIpc) is 2.05. The lowest BCUT2D eigenvalue weighted by atomic mass is 9.87. The molecule has 1 aliphatic carbocycles. The first-order valence-electron chi connectivity index (χ1n) is 5.88. The molecule has 0 aromatic heterocycles. The van der Waals surface area contributed by atoms with Crippen molar-refractivity contribution in [2.45, 2.75) is 64.5 Å². The zero-order valence-electron chi connectivity index (χ0n) is 10.0. The zero-order valence-corrected chi connectivity index (χ0v) is 10.0. The summed E-state index contributed by atoms with van der Waals surface area (Å²) in [6.07, 6.45) is 4.76. The third kappa shape index (κ3) is 5.17. The van der Waals surface area contributed by atoms with Crippen LogP contribution in [0.25, 0.3) is 0 Å². The van der Waals surface area contributed by atoms with Gasteiger partial charge in [0.05, 0.1) is 12.0 Å². The van der Waals surface area contributed by atoms with E-state index in [1.807, 2.05) is 0 Å². The van der Waals surface area contributed by atoms with Gasteiger partial charge in [0, 0.05) is 6.04 Å². The highest BCUT2D eigenvalue weighted by Gasteiger charge is 2.23. The fraction of sp³-hybridized carbons (Fsp3) is 0.917. The predicted molar refractivity (Wildman–Crippen MR) is 60.5 cm³/mol. The molecule has 0 aromatic carbocycles. The third-order valence-electron chi connectivity index (χ3n) is 2.97. The number of rotatable bonds is 3. The molecule has 0 unspecified atom stereocenters. The van der Waals surface area contributed by atoms with E-state index in [0.717, 1.165) is 18.8 Å². The quantitative estimate of drug-likeness (QED) is 0.751. The number of hydrogen-bond donors (Lipinski definition) is 2. The Morgan fingerprint density at radius 1 is 1.33 bits per heavy atom. The summed E-state index contributed by atoms with van der Waals surface area (Å²) in [6.45, 7) is 5.58. The highest BCUT2D eigenvalue weighted by molar-refractivity contribution is 5.77. The molecule has 3 heteroatoms. The van der Waals surface area contributed by atoms with Gasteiger partial charge >= 0.3 is 0 Å². The monoisotopic (exact) mass is 213 g/mol. The summed E-state index contributed by atoms with van der Waals surface area (Å²) < 4.78 is 0. The van der Waals surface area contributed by atoms with E-state index in [2.05, 4.69) is 12.2 Å². The molecule has 0 heterocycles. The number of carbonyl (C=O) groups is 1. The Hall–Kier alpha value is -0.570. The largest absolute Gasteiger partial charge is 0.390 e. The molecule has 2 N–H and O–H groups in total. The van der Waals surface area contributed by atoms with Gasteiger partial charge < -0.3 is 10.4 Å². The summed E-state index contributed by atoms with van der Waals surface area (Å²) in [4.78, 5) is 11.5. The van der Waals surface area contributed by atoms with Gasteiger partial charge in [-0.25, -0.2) is 0 Å². The summed E-state index contributed by atoms with van der Waals surface area (Å²) in [5.41, 5.74) is -0.897. The second-order valence-electron chi connectivity index (χ2n) is 5.51. The van der Waals surface area contributed by atoms with E-state index < -0.39 is 5.60 Å². The number of aliphatic hydroxyl groups is 1. The lowest BCUT2D eigenvalue weighted by Crippen LogP contribution is -2.40. The van der Waals surface area contributed by atoms with Crippen molar-refractivity contribution in [2.24, 2.45) is 5.92 Å². The van der Waals surface area contributed by atoms with Crippen LogP contribution in [-0.2, 0) is 4.79 Å². The van der Waals surface area contributed by atoms with Gasteiger partial charge in [-0.3, -0.25) is 4.79 Å². The molecule has 0 atom stereocenters. The zero-order chi connectivity index (χ0) is 11.5. The summed E-state index contributed by atoms with van der Waals surface area (Å²) in [7, 11) is 0. The maximum Gasteiger partial charge on any atom is 0.223 e. The van der Waals surface area contributed by atoms with E-state index >= 15 is 0 Å². The molecule has 3 nitrogen and oxygen atoms in total. The molecule has 0 radical (unpaired) electrons.